The van der Waals surface area contributed by atoms with Gasteiger partial charge in [-0.1, -0.05) is 37.8 Å². The summed E-state index contributed by atoms with van der Waals surface area (Å²) in [6.45, 7) is 4.35. The standard InChI is InChI=1S/C16H23BrClN/c1-3-12-5-4-6-13(8-7-12)19-16-10-15(18)11(2)9-14(16)17/h9-10,12-13,19H,3-8H2,1-2H3. The predicted octanol–water partition coefficient (Wildman–Crippen LogP) is 6.18. The van der Waals surface area contributed by atoms with Crippen LogP contribution in [0.4, 0.5) is 5.69 Å². The van der Waals surface area contributed by atoms with Crippen molar-refractivity contribution in [3.63, 3.8) is 0 Å². The van der Waals surface area contributed by atoms with E-state index in [9.17, 15) is 0 Å². The van der Waals surface area contributed by atoms with Gasteiger partial charge in [-0.05, 0) is 65.7 Å². The number of nitrogens with one attached hydrogen (secondary N) is 1. The molecule has 0 heterocycles. The first-order chi connectivity index (χ1) is 9.10. The van der Waals surface area contributed by atoms with E-state index in [0.717, 1.165) is 26.7 Å². The molecule has 0 aliphatic heterocycles. The maximum absolute atomic E-state index is 6.22. The predicted molar refractivity (Wildman–Crippen MR) is 88.2 cm³/mol. The highest BCUT2D eigenvalue weighted by Crippen LogP contribution is 2.32. The van der Waals surface area contributed by atoms with E-state index >= 15 is 0 Å². The molecule has 1 aromatic carbocycles. The first-order valence-electron chi connectivity index (χ1n) is 7.32. The molecule has 1 N–H and O–H groups in total. The van der Waals surface area contributed by atoms with Gasteiger partial charge in [0.2, 0.25) is 0 Å². The fraction of sp³-hybridized carbons (Fsp3) is 0.625. The van der Waals surface area contributed by atoms with Gasteiger partial charge in [0.1, 0.15) is 0 Å². The highest BCUT2D eigenvalue weighted by molar-refractivity contribution is 9.10. The largest absolute Gasteiger partial charge is 0.381 e. The Labute approximate surface area is 130 Å². The van der Waals surface area contributed by atoms with Crippen LogP contribution in [0, 0.1) is 12.8 Å². The van der Waals surface area contributed by atoms with Crippen LogP contribution in [0.25, 0.3) is 0 Å². The van der Waals surface area contributed by atoms with Crippen molar-refractivity contribution >= 4 is 33.2 Å². The molecule has 1 aliphatic carbocycles. The van der Waals surface area contributed by atoms with Crippen LogP contribution in [-0.2, 0) is 0 Å². The molecule has 3 heteroatoms. The number of benzene rings is 1. The molecular formula is C16H23BrClN. The number of rotatable bonds is 3. The molecule has 1 saturated carbocycles. The van der Waals surface area contributed by atoms with Gasteiger partial charge in [0, 0.05) is 15.5 Å². The Kier molecular flexibility index (Phi) is 5.58. The molecule has 0 radical (unpaired) electrons. The molecule has 0 spiro atoms. The quantitative estimate of drug-likeness (QED) is 0.645. The topological polar surface area (TPSA) is 12.0 Å². The summed E-state index contributed by atoms with van der Waals surface area (Å²) in [5, 5.41) is 4.51. The Bertz CT molecular complexity index is 433. The molecule has 0 amide bonds. The third kappa shape index (κ3) is 4.13. The Morgan fingerprint density at radius 2 is 2.05 bits per heavy atom. The lowest BCUT2D eigenvalue weighted by atomic mass is 9.98. The van der Waals surface area contributed by atoms with Crippen molar-refractivity contribution in [3.05, 3.63) is 27.2 Å². The molecule has 1 aliphatic rings. The molecule has 2 atom stereocenters. The number of anilines is 1. The number of hydrogen-bond donors (Lipinski definition) is 1. The van der Waals surface area contributed by atoms with Crippen LogP contribution in [0.2, 0.25) is 5.02 Å². The summed E-state index contributed by atoms with van der Waals surface area (Å²) in [5.41, 5.74) is 2.25. The zero-order chi connectivity index (χ0) is 13.8. The first-order valence-corrected chi connectivity index (χ1v) is 8.49. The molecule has 1 fully saturated rings. The van der Waals surface area contributed by atoms with Crippen molar-refractivity contribution < 1.29 is 0 Å². The number of halogens is 2. The fourth-order valence-electron chi connectivity index (χ4n) is 2.91. The van der Waals surface area contributed by atoms with Crippen LogP contribution >= 0.6 is 27.5 Å². The highest BCUT2D eigenvalue weighted by atomic mass is 79.9. The third-order valence-electron chi connectivity index (χ3n) is 4.27. The molecule has 0 bridgehead atoms. The van der Waals surface area contributed by atoms with Gasteiger partial charge in [0.25, 0.3) is 0 Å². The molecule has 2 unspecified atom stereocenters. The first kappa shape index (κ1) is 15.2. The summed E-state index contributed by atoms with van der Waals surface area (Å²) in [6, 6.07) is 4.73. The van der Waals surface area contributed by atoms with Crippen molar-refractivity contribution in [1.29, 1.82) is 0 Å². The number of aryl methyl sites for hydroxylation is 1. The lowest BCUT2D eigenvalue weighted by molar-refractivity contribution is 0.444. The Morgan fingerprint density at radius 3 is 2.79 bits per heavy atom. The Morgan fingerprint density at radius 1 is 1.26 bits per heavy atom. The minimum Gasteiger partial charge on any atom is -0.381 e. The number of hydrogen-bond acceptors (Lipinski definition) is 1. The van der Waals surface area contributed by atoms with Gasteiger partial charge < -0.3 is 5.32 Å². The fourth-order valence-corrected chi connectivity index (χ4v) is 3.64. The molecule has 106 valence electrons. The summed E-state index contributed by atoms with van der Waals surface area (Å²) in [6.07, 6.45) is 7.96. The monoisotopic (exact) mass is 343 g/mol. The van der Waals surface area contributed by atoms with E-state index < -0.39 is 0 Å². The van der Waals surface area contributed by atoms with E-state index in [1.165, 1.54) is 38.5 Å². The minimum absolute atomic E-state index is 0.589. The third-order valence-corrected chi connectivity index (χ3v) is 5.34. The van der Waals surface area contributed by atoms with Crippen LogP contribution in [-0.4, -0.2) is 6.04 Å². The molecule has 0 aromatic heterocycles. The van der Waals surface area contributed by atoms with E-state index in [2.05, 4.69) is 34.2 Å². The molecular weight excluding hydrogens is 322 g/mol. The SMILES string of the molecule is CCC1CCCC(Nc2cc(Cl)c(C)cc2Br)CC1. The van der Waals surface area contributed by atoms with Crippen LogP contribution in [0.1, 0.15) is 51.0 Å². The van der Waals surface area contributed by atoms with Gasteiger partial charge in [-0.15, -0.1) is 0 Å². The van der Waals surface area contributed by atoms with Crippen molar-refractivity contribution in [3.8, 4) is 0 Å². The van der Waals surface area contributed by atoms with E-state index in [-0.39, 0.29) is 0 Å². The average molecular weight is 345 g/mol. The van der Waals surface area contributed by atoms with Gasteiger partial charge >= 0.3 is 0 Å². The van der Waals surface area contributed by atoms with Gasteiger partial charge in [-0.3, -0.25) is 0 Å². The summed E-state index contributed by atoms with van der Waals surface area (Å²) in [7, 11) is 0. The maximum atomic E-state index is 6.22. The van der Waals surface area contributed by atoms with E-state index in [1.54, 1.807) is 0 Å². The normalized spacial score (nSPS) is 24.0. The lowest BCUT2D eigenvalue weighted by Crippen LogP contribution is -2.18. The van der Waals surface area contributed by atoms with E-state index in [4.69, 9.17) is 11.6 Å². The van der Waals surface area contributed by atoms with Gasteiger partial charge in [-0.2, -0.15) is 0 Å². The second-order valence-corrected chi connectivity index (χ2v) is 6.97. The zero-order valence-corrected chi connectivity index (χ0v) is 14.1. The van der Waals surface area contributed by atoms with Gasteiger partial charge in [0.15, 0.2) is 0 Å². The second-order valence-electron chi connectivity index (χ2n) is 5.71. The van der Waals surface area contributed by atoms with Crippen molar-refractivity contribution in [2.45, 2.75) is 58.4 Å². The van der Waals surface area contributed by atoms with E-state index in [0.29, 0.717) is 6.04 Å². The molecule has 1 aromatic rings. The lowest BCUT2D eigenvalue weighted by Gasteiger charge is -2.19. The summed E-state index contributed by atoms with van der Waals surface area (Å²) >= 11 is 9.85. The van der Waals surface area contributed by atoms with Crippen LogP contribution in [0.3, 0.4) is 0 Å². The van der Waals surface area contributed by atoms with Crippen molar-refractivity contribution in [2.75, 3.05) is 5.32 Å². The summed E-state index contributed by atoms with van der Waals surface area (Å²) in [4.78, 5) is 0. The summed E-state index contributed by atoms with van der Waals surface area (Å²) < 4.78 is 1.12. The molecule has 19 heavy (non-hydrogen) atoms. The van der Waals surface area contributed by atoms with Gasteiger partial charge in [0.05, 0.1) is 5.69 Å². The van der Waals surface area contributed by atoms with E-state index in [1.807, 2.05) is 13.0 Å². The average Bonchev–Trinajstić information content (AvgIpc) is 2.61. The van der Waals surface area contributed by atoms with Crippen LogP contribution in [0.15, 0.2) is 16.6 Å². The molecule has 2 rings (SSSR count). The molecule has 1 nitrogen and oxygen atoms in total. The Hall–Kier alpha value is -0.210. The van der Waals surface area contributed by atoms with Crippen LogP contribution in [0.5, 0.6) is 0 Å². The minimum atomic E-state index is 0.589. The van der Waals surface area contributed by atoms with Crippen molar-refractivity contribution in [2.24, 2.45) is 5.92 Å². The second kappa shape index (κ2) is 6.99. The Balaban J connectivity index is 2.03. The van der Waals surface area contributed by atoms with Crippen molar-refractivity contribution in [1.82, 2.24) is 0 Å². The molecule has 0 saturated heterocycles. The summed E-state index contributed by atoms with van der Waals surface area (Å²) in [5.74, 6) is 0.928. The van der Waals surface area contributed by atoms with Crippen LogP contribution < -0.4 is 5.32 Å². The van der Waals surface area contributed by atoms with Gasteiger partial charge in [-0.25, -0.2) is 0 Å². The highest BCUT2D eigenvalue weighted by Gasteiger charge is 2.18. The smallest absolute Gasteiger partial charge is 0.0501 e. The maximum Gasteiger partial charge on any atom is 0.0501 e. The zero-order valence-electron chi connectivity index (χ0n) is 11.8.